The number of nitrogens with one attached hydrogen (secondary N) is 2. The number of carbonyl (C=O) groups excluding carboxylic acids is 2. The van der Waals surface area contributed by atoms with Gasteiger partial charge < -0.3 is 9.47 Å². The highest BCUT2D eigenvalue weighted by molar-refractivity contribution is 5.69. The van der Waals surface area contributed by atoms with Crippen LogP contribution < -0.4 is 10.6 Å². The molecule has 0 rings (SSSR count). The second kappa shape index (κ2) is 17.3. The molecule has 0 aliphatic carbocycles. The van der Waals surface area contributed by atoms with Gasteiger partial charge >= 0.3 is 11.9 Å². The summed E-state index contributed by atoms with van der Waals surface area (Å²) < 4.78 is 10.7. The van der Waals surface area contributed by atoms with Gasteiger partial charge in [-0.05, 0) is 38.8 Å². The van der Waals surface area contributed by atoms with Crippen molar-refractivity contribution in [2.45, 2.75) is 104 Å². The van der Waals surface area contributed by atoms with Crippen LogP contribution in [-0.2, 0) is 19.1 Å². The molecule has 0 radical (unpaired) electrons. The van der Waals surface area contributed by atoms with Crippen molar-refractivity contribution in [3.63, 3.8) is 0 Å². The fourth-order valence-electron chi connectivity index (χ4n) is 2.67. The highest BCUT2D eigenvalue weighted by Crippen LogP contribution is 2.10. The van der Waals surface area contributed by atoms with E-state index in [-0.39, 0.29) is 24.4 Å². The van der Waals surface area contributed by atoms with Gasteiger partial charge in [-0.15, -0.1) is 0 Å². The van der Waals surface area contributed by atoms with Crippen LogP contribution in [0.15, 0.2) is 0 Å². The van der Waals surface area contributed by atoms with Crippen molar-refractivity contribution in [2.24, 2.45) is 0 Å². The first-order chi connectivity index (χ1) is 12.6. The van der Waals surface area contributed by atoms with Crippen LogP contribution in [0, 0.1) is 0 Å². The lowest BCUT2D eigenvalue weighted by molar-refractivity contribution is -0.152. The predicted molar refractivity (Wildman–Crippen MR) is 105 cm³/mol. The summed E-state index contributed by atoms with van der Waals surface area (Å²) in [5.41, 5.74) is 0. The van der Waals surface area contributed by atoms with Crippen LogP contribution in [0.2, 0.25) is 0 Å². The molecule has 6 nitrogen and oxygen atoms in total. The average molecular weight is 373 g/mol. The van der Waals surface area contributed by atoms with Gasteiger partial charge in [0.2, 0.25) is 0 Å². The zero-order valence-electron chi connectivity index (χ0n) is 17.3. The normalized spacial score (nSPS) is 13.2. The molecule has 0 amide bonds. The number of hydrogen-bond donors (Lipinski definition) is 2. The molecule has 0 fully saturated rings. The van der Waals surface area contributed by atoms with Gasteiger partial charge in [-0.25, -0.2) is 0 Å². The van der Waals surface area contributed by atoms with E-state index in [1.165, 1.54) is 0 Å². The highest BCUT2D eigenvalue weighted by Gasteiger charge is 2.11. The zero-order valence-corrected chi connectivity index (χ0v) is 17.3. The number of carbonyl (C=O) groups is 2. The monoisotopic (exact) mass is 372 g/mol. The van der Waals surface area contributed by atoms with E-state index in [4.69, 9.17) is 9.47 Å². The van der Waals surface area contributed by atoms with Gasteiger partial charge in [-0.3, -0.25) is 20.2 Å². The Balaban J connectivity index is 3.55. The van der Waals surface area contributed by atoms with E-state index in [2.05, 4.69) is 10.6 Å². The van der Waals surface area contributed by atoms with Crippen molar-refractivity contribution in [3.05, 3.63) is 0 Å². The second-order valence-corrected chi connectivity index (χ2v) is 6.51. The molecular weight excluding hydrogens is 332 g/mol. The molecule has 0 saturated heterocycles. The summed E-state index contributed by atoms with van der Waals surface area (Å²) in [5, 5.41) is 6.27. The summed E-state index contributed by atoms with van der Waals surface area (Å²) >= 11 is 0. The van der Waals surface area contributed by atoms with Crippen LogP contribution in [-0.4, -0.2) is 37.5 Å². The van der Waals surface area contributed by atoms with Gasteiger partial charge in [0.05, 0.1) is 0 Å². The van der Waals surface area contributed by atoms with Crippen LogP contribution >= 0.6 is 0 Å². The lowest BCUT2D eigenvalue weighted by Gasteiger charge is -2.16. The van der Waals surface area contributed by atoms with E-state index in [0.29, 0.717) is 12.8 Å². The number of unbranched alkanes of at least 4 members (excludes halogenated alkanes) is 5. The SMILES string of the molecule is CCNC(CC)OC(=O)CCCCCCCCC(=O)OC(CC)NCC. The Kier molecular flexibility index (Phi) is 16.5. The third kappa shape index (κ3) is 14.1. The third-order valence-electron chi connectivity index (χ3n) is 4.16. The number of rotatable bonds is 17. The maximum atomic E-state index is 11.7. The highest BCUT2D eigenvalue weighted by atomic mass is 16.6. The molecule has 2 N–H and O–H groups in total. The third-order valence-corrected chi connectivity index (χ3v) is 4.16. The topological polar surface area (TPSA) is 76.7 Å². The molecule has 0 aliphatic heterocycles. The van der Waals surface area contributed by atoms with Crippen LogP contribution in [0.5, 0.6) is 0 Å². The van der Waals surface area contributed by atoms with Crippen LogP contribution in [0.3, 0.4) is 0 Å². The lowest BCUT2D eigenvalue weighted by atomic mass is 10.1. The van der Waals surface area contributed by atoms with Crippen molar-refractivity contribution in [2.75, 3.05) is 13.1 Å². The summed E-state index contributed by atoms with van der Waals surface area (Å²) in [7, 11) is 0. The molecule has 0 aromatic rings. The Morgan fingerprint density at radius 3 is 1.31 bits per heavy atom. The molecule has 2 unspecified atom stereocenters. The van der Waals surface area contributed by atoms with Gasteiger partial charge in [-0.2, -0.15) is 0 Å². The van der Waals surface area contributed by atoms with Crippen molar-refractivity contribution in [1.29, 1.82) is 0 Å². The fourth-order valence-corrected chi connectivity index (χ4v) is 2.67. The molecule has 0 aromatic heterocycles. The molecule has 0 saturated carbocycles. The van der Waals surface area contributed by atoms with E-state index in [1.54, 1.807) is 0 Å². The zero-order chi connectivity index (χ0) is 19.6. The van der Waals surface area contributed by atoms with Crippen molar-refractivity contribution < 1.29 is 19.1 Å². The van der Waals surface area contributed by atoms with E-state index in [1.807, 2.05) is 27.7 Å². The molecule has 0 bridgehead atoms. The van der Waals surface area contributed by atoms with Gasteiger partial charge in [-0.1, -0.05) is 53.4 Å². The Bertz CT molecular complexity index is 330. The first-order valence-corrected chi connectivity index (χ1v) is 10.4. The van der Waals surface area contributed by atoms with Crippen LogP contribution in [0.4, 0.5) is 0 Å². The minimum absolute atomic E-state index is 0.119. The van der Waals surface area contributed by atoms with Crippen molar-refractivity contribution in [3.8, 4) is 0 Å². The molecule has 154 valence electrons. The number of hydrogen-bond acceptors (Lipinski definition) is 6. The second-order valence-electron chi connectivity index (χ2n) is 6.51. The molecular formula is C20H40N2O4. The molecule has 6 heteroatoms. The first kappa shape index (κ1) is 24.9. The summed E-state index contributed by atoms with van der Waals surface area (Å²) in [6.45, 7) is 9.60. The van der Waals surface area contributed by atoms with Gasteiger partial charge in [0.25, 0.3) is 0 Å². The Hall–Kier alpha value is -1.14. The van der Waals surface area contributed by atoms with Crippen molar-refractivity contribution in [1.82, 2.24) is 10.6 Å². The smallest absolute Gasteiger partial charge is 0.307 e. The largest absolute Gasteiger partial charge is 0.447 e. The number of ether oxygens (including phenoxy) is 2. The summed E-state index contributed by atoms with van der Waals surface area (Å²) in [6, 6.07) is 0. The van der Waals surface area contributed by atoms with Gasteiger partial charge in [0, 0.05) is 12.8 Å². The molecule has 0 aliphatic rings. The maximum absolute atomic E-state index is 11.7. The van der Waals surface area contributed by atoms with E-state index >= 15 is 0 Å². The Morgan fingerprint density at radius 1 is 0.654 bits per heavy atom. The lowest BCUT2D eigenvalue weighted by Crippen LogP contribution is -2.33. The predicted octanol–water partition coefficient (Wildman–Crippen LogP) is 3.88. The quantitative estimate of drug-likeness (QED) is 0.229. The summed E-state index contributed by atoms with van der Waals surface area (Å²) in [6.07, 6.45) is 8.17. The van der Waals surface area contributed by atoms with E-state index in [9.17, 15) is 9.59 Å². The average Bonchev–Trinajstić information content (AvgIpc) is 2.63. The fraction of sp³-hybridized carbons (Fsp3) is 0.900. The minimum Gasteiger partial charge on any atom is -0.447 e. The standard InChI is InChI=1S/C20H40N2O4/c1-5-17(21-7-3)25-19(23)15-13-11-9-10-12-14-16-20(24)26-18(6-2)22-8-4/h17-18,21-22H,5-16H2,1-4H3. The molecule has 0 heterocycles. The Labute approximate surface area is 159 Å². The van der Waals surface area contributed by atoms with Crippen LogP contribution in [0.1, 0.15) is 91.9 Å². The minimum atomic E-state index is -0.160. The molecule has 0 spiro atoms. The van der Waals surface area contributed by atoms with Gasteiger partial charge in [0.15, 0.2) is 12.5 Å². The number of esters is 2. The molecule has 2 atom stereocenters. The van der Waals surface area contributed by atoms with Gasteiger partial charge in [0.1, 0.15) is 0 Å². The summed E-state index contributed by atoms with van der Waals surface area (Å²) in [5.74, 6) is -0.238. The molecule has 26 heavy (non-hydrogen) atoms. The Morgan fingerprint density at radius 2 is 1.00 bits per heavy atom. The summed E-state index contributed by atoms with van der Waals surface area (Å²) in [4.78, 5) is 23.5. The maximum Gasteiger partial charge on any atom is 0.307 e. The first-order valence-electron chi connectivity index (χ1n) is 10.4. The van der Waals surface area contributed by atoms with Crippen molar-refractivity contribution >= 4 is 11.9 Å². The van der Waals surface area contributed by atoms with E-state index in [0.717, 1.165) is 64.5 Å². The van der Waals surface area contributed by atoms with Crippen LogP contribution in [0.25, 0.3) is 0 Å². The van der Waals surface area contributed by atoms with E-state index < -0.39 is 0 Å². The molecule has 0 aromatic carbocycles.